The van der Waals surface area contributed by atoms with E-state index in [1.165, 1.54) is 0 Å². The Hall–Kier alpha value is -2.08. The van der Waals surface area contributed by atoms with Gasteiger partial charge in [-0.3, -0.25) is 4.40 Å². The van der Waals surface area contributed by atoms with Crippen LogP contribution < -0.4 is 5.32 Å². The molecule has 0 saturated heterocycles. The molecule has 3 rings (SSSR count). The van der Waals surface area contributed by atoms with E-state index in [9.17, 15) is 15.0 Å². The summed E-state index contributed by atoms with van der Waals surface area (Å²) in [5, 5.41) is 22.2. The lowest BCUT2D eigenvalue weighted by atomic mass is 9.85. The van der Waals surface area contributed by atoms with Crippen LogP contribution in [0.1, 0.15) is 36.2 Å². The highest BCUT2D eigenvalue weighted by Crippen LogP contribution is 2.28. The van der Waals surface area contributed by atoms with Crippen molar-refractivity contribution in [3.63, 3.8) is 0 Å². The fourth-order valence-electron chi connectivity index (χ4n) is 3.09. The predicted molar refractivity (Wildman–Crippen MR) is 78.6 cm³/mol. The van der Waals surface area contributed by atoms with Gasteiger partial charge in [-0.25, -0.2) is 9.78 Å². The molecule has 6 heteroatoms. The summed E-state index contributed by atoms with van der Waals surface area (Å²) in [6, 6.07) is 5.46. The molecule has 1 saturated carbocycles. The van der Waals surface area contributed by atoms with Gasteiger partial charge in [0.15, 0.2) is 11.5 Å². The highest BCUT2D eigenvalue weighted by Gasteiger charge is 2.27. The molecule has 1 fully saturated rings. The third kappa shape index (κ3) is 2.58. The van der Waals surface area contributed by atoms with Crippen LogP contribution in [0, 0.1) is 5.92 Å². The molecule has 0 aromatic carbocycles. The van der Waals surface area contributed by atoms with Crippen molar-refractivity contribution in [2.75, 3.05) is 11.9 Å². The second kappa shape index (κ2) is 5.73. The maximum atomic E-state index is 11.5. The van der Waals surface area contributed by atoms with E-state index in [0.29, 0.717) is 11.5 Å². The van der Waals surface area contributed by atoms with Gasteiger partial charge in [0.2, 0.25) is 0 Å². The van der Waals surface area contributed by atoms with Gasteiger partial charge in [0.05, 0.1) is 0 Å². The van der Waals surface area contributed by atoms with Crippen molar-refractivity contribution in [3.8, 4) is 0 Å². The van der Waals surface area contributed by atoms with Gasteiger partial charge >= 0.3 is 5.97 Å². The number of carboxylic acids is 1. The zero-order chi connectivity index (χ0) is 14.8. The number of aromatic carboxylic acids is 1. The van der Waals surface area contributed by atoms with E-state index < -0.39 is 5.97 Å². The molecule has 112 valence electrons. The Morgan fingerprint density at radius 2 is 2.19 bits per heavy atom. The molecule has 2 unspecified atom stereocenters. The summed E-state index contributed by atoms with van der Waals surface area (Å²) in [5.74, 6) is -0.461. The van der Waals surface area contributed by atoms with E-state index in [1.807, 2.05) is 6.07 Å². The van der Waals surface area contributed by atoms with E-state index in [1.54, 1.807) is 22.7 Å². The second-order valence-corrected chi connectivity index (χ2v) is 5.52. The van der Waals surface area contributed by atoms with Gasteiger partial charge in [0, 0.05) is 24.8 Å². The first-order valence-corrected chi connectivity index (χ1v) is 7.28. The Morgan fingerprint density at radius 3 is 2.95 bits per heavy atom. The maximum absolute atomic E-state index is 11.5. The number of aliphatic hydroxyl groups is 1. The SMILES string of the molecule is O=C(O)c1c(NC2CCCCC2CO)nc2ccccn12. The van der Waals surface area contributed by atoms with Crippen molar-refractivity contribution in [2.45, 2.75) is 31.7 Å². The molecule has 0 amide bonds. The molecule has 1 aliphatic carbocycles. The van der Waals surface area contributed by atoms with Crippen LogP contribution in [-0.4, -0.2) is 38.2 Å². The molecule has 2 heterocycles. The number of aromatic nitrogens is 2. The van der Waals surface area contributed by atoms with E-state index in [4.69, 9.17) is 0 Å². The van der Waals surface area contributed by atoms with Crippen molar-refractivity contribution in [2.24, 2.45) is 5.92 Å². The van der Waals surface area contributed by atoms with Crippen LogP contribution in [0.2, 0.25) is 0 Å². The van der Waals surface area contributed by atoms with Gasteiger partial charge in [-0.15, -0.1) is 0 Å². The molecule has 2 aromatic heterocycles. The third-order valence-corrected chi connectivity index (χ3v) is 4.20. The fourth-order valence-corrected chi connectivity index (χ4v) is 3.09. The van der Waals surface area contributed by atoms with Crippen molar-refractivity contribution in [1.82, 2.24) is 9.38 Å². The quantitative estimate of drug-likeness (QED) is 0.801. The van der Waals surface area contributed by atoms with Crippen molar-refractivity contribution >= 4 is 17.4 Å². The number of nitrogens with one attached hydrogen (secondary N) is 1. The van der Waals surface area contributed by atoms with E-state index in [-0.39, 0.29) is 24.3 Å². The first kappa shape index (κ1) is 13.9. The normalized spacial score (nSPS) is 22.3. The number of imidazole rings is 1. The van der Waals surface area contributed by atoms with Crippen LogP contribution >= 0.6 is 0 Å². The van der Waals surface area contributed by atoms with Gasteiger partial charge in [-0.2, -0.15) is 0 Å². The van der Waals surface area contributed by atoms with E-state index in [0.717, 1.165) is 25.7 Å². The average Bonchev–Trinajstić information content (AvgIpc) is 2.85. The molecule has 3 N–H and O–H groups in total. The Morgan fingerprint density at radius 1 is 1.38 bits per heavy atom. The van der Waals surface area contributed by atoms with Gasteiger partial charge in [0.1, 0.15) is 5.65 Å². The van der Waals surface area contributed by atoms with Crippen molar-refractivity contribution < 1.29 is 15.0 Å². The number of aliphatic hydroxyl groups excluding tert-OH is 1. The van der Waals surface area contributed by atoms with Gasteiger partial charge in [-0.1, -0.05) is 18.9 Å². The summed E-state index contributed by atoms with van der Waals surface area (Å²) in [7, 11) is 0. The Balaban J connectivity index is 1.96. The first-order chi connectivity index (χ1) is 10.2. The molecular formula is C15H19N3O3. The molecule has 0 spiro atoms. The molecule has 2 aromatic rings. The number of rotatable bonds is 4. The zero-order valence-corrected chi connectivity index (χ0v) is 11.7. The summed E-state index contributed by atoms with van der Waals surface area (Å²) in [6.45, 7) is 0.118. The molecule has 6 nitrogen and oxygen atoms in total. The third-order valence-electron chi connectivity index (χ3n) is 4.20. The Labute approximate surface area is 122 Å². The lowest BCUT2D eigenvalue weighted by Crippen LogP contribution is -2.35. The highest BCUT2D eigenvalue weighted by atomic mass is 16.4. The summed E-state index contributed by atoms with van der Waals surface area (Å²) < 4.78 is 1.57. The van der Waals surface area contributed by atoms with Crippen LogP contribution in [0.25, 0.3) is 5.65 Å². The number of pyridine rings is 1. The molecule has 0 radical (unpaired) electrons. The Kier molecular flexibility index (Phi) is 3.79. The van der Waals surface area contributed by atoms with Crippen LogP contribution in [0.5, 0.6) is 0 Å². The number of carboxylic acid groups (broad SMARTS) is 1. The number of hydrogen-bond acceptors (Lipinski definition) is 4. The summed E-state index contributed by atoms with van der Waals surface area (Å²) in [4.78, 5) is 15.9. The Bertz CT molecular complexity index is 653. The molecule has 21 heavy (non-hydrogen) atoms. The smallest absolute Gasteiger partial charge is 0.356 e. The largest absolute Gasteiger partial charge is 0.476 e. The second-order valence-electron chi connectivity index (χ2n) is 5.52. The number of fused-ring (bicyclic) bond motifs is 1. The number of hydrogen-bond donors (Lipinski definition) is 3. The monoisotopic (exact) mass is 289 g/mol. The molecule has 2 atom stereocenters. The van der Waals surface area contributed by atoms with Crippen LogP contribution in [0.15, 0.2) is 24.4 Å². The van der Waals surface area contributed by atoms with Crippen molar-refractivity contribution in [1.29, 1.82) is 0 Å². The molecule has 1 aliphatic rings. The van der Waals surface area contributed by atoms with Crippen LogP contribution in [-0.2, 0) is 0 Å². The first-order valence-electron chi connectivity index (χ1n) is 7.28. The minimum absolute atomic E-state index is 0.0757. The lowest BCUT2D eigenvalue weighted by Gasteiger charge is -2.31. The van der Waals surface area contributed by atoms with Crippen molar-refractivity contribution in [3.05, 3.63) is 30.1 Å². The molecule has 0 aliphatic heterocycles. The standard InChI is InChI=1S/C15H19N3O3/c19-9-10-5-1-2-6-11(10)16-14-13(15(20)21)18-8-4-3-7-12(18)17-14/h3-4,7-8,10-11,16,19H,1-2,5-6,9H2,(H,20,21). The predicted octanol–water partition coefficient (Wildman–Crippen LogP) is 2.00. The zero-order valence-electron chi connectivity index (χ0n) is 11.7. The minimum Gasteiger partial charge on any atom is -0.476 e. The highest BCUT2D eigenvalue weighted by molar-refractivity contribution is 5.93. The number of carbonyl (C=O) groups is 1. The lowest BCUT2D eigenvalue weighted by molar-refractivity contribution is 0.0690. The summed E-state index contributed by atoms with van der Waals surface area (Å²) in [6.07, 6.45) is 5.79. The summed E-state index contributed by atoms with van der Waals surface area (Å²) in [5.41, 5.74) is 0.752. The number of anilines is 1. The van der Waals surface area contributed by atoms with Gasteiger partial charge < -0.3 is 15.5 Å². The topological polar surface area (TPSA) is 86.9 Å². The minimum atomic E-state index is -1.01. The number of nitrogens with zero attached hydrogens (tertiary/aromatic N) is 2. The average molecular weight is 289 g/mol. The van der Waals surface area contributed by atoms with Gasteiger partial charge in [-0.05, 0) is 25.0 Å². The van der Waals surface area contributed by atoms with Gasteiger partial charge in [0.25, 0.3) is 0 Å². The van der Waals surface area contributed by atoms with E-state index in [2.05, 4.69) is 10.3 Å². The fraction of sp³-hybridized carbons (Fsp3) is 0.467. The van der Waals surface area contributed by atoms with E-state index >= 15 is 0 Å². The molecule has 0 bridgehead atoms. The van der Waals surface area contributed by atoms with Crippen LogP contribution in [0.3, 0.4) is 0 Å². The maximum Gasteiger partial charge on any atom is 0.356 e. The molecular weight excluding hydrogens is 270 g/mol. The summed E-state index contributed by atoms with van der Waals surface area (Å²) >= 11 is 0. The van der Waals surface area contributed by atoms with Crippen LogP contribution in [0.4, 0.5) is 5.82 Å².